The summed E-state index contributed by atoms with van der Waals surface area (Å²) < 4.78 is 5.82. The zero-order valence-corrected chi connectivity index (χ0v) is 16.4. The van der Waals surface area contributed by atoms with Crippen LogP contribution in [0.5, 0.6) is 5.75 Å². The van der Waals surface area contributed by atoms with Crippen molar-refractivity contribution in [2.45, 2.75) is 18.9 Å². The van der Waals surface area contributed by atoms with E-state index in [1.807, 2.05) is 66.7 Å². The lowest BCUT2D eigenvalue weighted by Gasteiger charge is -2.10. The number of para-hydroxylation sites is 1. The first-order valence-corrected chi connectivity index (χ1v) is 9.78. The molecule has 1 atom stereocenters. The van der Waals surface area contributed by atoms with Crippen LogP contribution >= 0.6 is 0 Å². The summed E-state index contributed by atoms with van der Waals surface area (Å²) in [6, 6.07) is 30.6. The number of pyridine rings is 1. The lowest BCUT2D eigenvalue weighted by Crippen LogP contribution is -2.06. The van der Waals surface area contributed by atoms with Gasteiger partial charge in [0.05, 0.1) is 23.2 Å². The molecule has 0 bridgehead atoms. The molecular formula is C26H20N2O2. The number of carbonyl (C=O) groups is 1. The van der Waals surface area contributed by atoms with E-state index < -0.39 is 5.92 Å². The van der Waals surface area contributed by atoms with Gasteiger partial charge in [-0.15, -0.1) is 0 Å². The summed E-state index contributed by atoms with van der Waals surface area (Å²) in [7, 11) is 0. The highest BCUT2D eigenvalue weighted by molar-refractivity contribution is 5.96. The second-order valence-corrected chi connectivity index (χ2v) is 7.03. The number of rotatable bonds is 7. The molecule has 4 rings (SSSR count). The van der Waals surface area contributed by atoms with Gasteiger partial charge >= 0.3 is 0 Å². The van der Waals surface area contributed by atoms with E-state index in [4.69, 9.17) is 4.74 Å². The van der Waals surface area contributed by atoms with E-state index in [0.29, 0.717) is 17.9 Å². The first-order chi connectivity index (χ1) is 14.7. The Labute approximate surface area is 175 Å². The molecule has 0 aliphatic carbocycles. The Hall–Kier alpha value is -3.97. The van der Waals surface area contributed by atoms with E-state index >= 15 is 0 Å². The maximum absolute atomic E-state index is 12.6. The number of hydrogen-bond donors (Lipinski definition) is 0. The molecule has 0 amide bonds. The second-order valence-electron chi connectivity index (χ2n) is 7.03. The van der Waals surface area contributed by atoms with Crippen LogP contribution in [0.4, 0.5) is 0 Å². The highest BCUT2D eigenvalue weighted by Gasteiger charge is 2.16. The van der Waals surface area contributed by atoms with Crippen molar-refractivity contribution in [2.24, 2.45) is 0 Å². The van der Waals surface area contributed by atoms with E-state index in [2.05, 4.69) is 11.1 Å². The summed E-state index contributed by atoms with van der Waals surface area (Å²) >= 11 is 0. The van der Waals surface area contributed by atoms with Gasteiger partial charge in [0.25, 0.3) is 0 Å². The number of aromatic nitrogens is 1. The summed E-state index contributed by atoms with van der Waals surface area (Å²) in [5, 5.41) is 10.5. The van der Waals surface area contributed by atoms with Crippen molar-refractivity contribution in [3.8, 4) is 11.8 Å². The minimum Gasteiger partial charge on any atom is -0.487 e. The molecule has 0 saturated carbocycles. The molecule has 0 fully saturated rings. The minimum absolute atomic E-state index is 0.0619. The fourth-order valence-corrected chi connectivity index (χ4v) is 3.31. The first kappa shape index (κ1) is 19.4. The SMILES string of the molecule is N#CC(CC(=O)c1ccc(OCc2ccc3ccccc3n2)cc1)c1ccccc1. The van der Waals surface area contributed by atoms with Gasteiger partial charge in [-0.1, -0.05) is 54.6 Å². The van der Waals surface area contributed by atoms with E-state index in [9.17, 15) is 10.1 Å². The molecule has 0 aliphatic rings. The molecule has 0 saturated heterocycles. The van der Waals surface area contributed by atoms with E-state index in [1.54, 1.807) is 24.3 Å². The van der Waals surface area contributed by atoms with Crippen molar-refractivity contribution in [2.75, 3.05) is 0 Å². The molecule has 0 N–H and O–H groups in total. The van der Waals surface area contributed by atoms with Crippen LogP contribution in [-0.2, 0) is 6.61 Å². The maximum Gasteiger partial charge on any atom is 0.164 e. The smallest absolute Gasteiger partial charge is 0.164 e. The van der Waals surface area contributed by atoms with Crippen LogP contribution < -0.4 is 4.74 Å². The van der Waals surface area contributed by atoms with Crippen molar-refractivity contribution >= 4 is 16.7 Å². The molecule has 146 valence electrons. The number of Topliss-reactive ketones (excluding diaryl/α,β-unsaturated/α-hetero) is 1. The van der Waals surface area contributed by atoms with Gasteiger partial charge in [0.1, 0.15) is 12.4 Å². The van der Waals surface area contributed by atoms with E-state index in [0.717, 1.165) is 22.2 Å². The van der Waals surface area contributed by atoms with Crippen LogP contribution in [0.25, 0.3) is 10.9 Å². The molecule has 1 aromatic heterocycles. The third-order valence-corrected chi connectivity index (χ3v) is 4.97. The van der Waals surface area contributed by atoms with Crippen LogP contribution in [0.1, 0.15) is 34.0 Å². The normalized spacial score (nSPS) is 11.6. The highest BCUT2D eigenvalue weighted by atomic mass is 16.5. The predicted molar refractivity (Wildman–Crippen MR) is 116 cm³/mol. The van der Waals surface area contributed by atoms with Gasteiger partial charge < -0.3 is 4.74 Å². The Balaban J connectivity index is 1.38. The van der Waals surface area contributed by atoms with Gasteiger partial charge in [-0.3, -0.25) is 4.79 Å². The van der Waals surface area contributed by atoms with Crippen molar-refractivity contribution < 1.29 is 9.53 Å². The second kappa shape index (κ2) is 9.02. The summed E-state index contributed by atoms with van der Waals surface area (Å²) in [6.07, 6.45) is 0.154. The fraction of sp³-hybridized carbons (Fsp3) is 0.115. The lowest BCUT2D eigenvalue weighted by atomic mass is 9.93. The number of carbonyl (C=O) groups excluding carboxylic acids is 1. The average molecular weight is 392 g/mol. The Morgan fingerprint density at radius 3 is 2.40 bits per heavy atom. The highest BCUT2D eigenvalue weighted by Crippen LogP contribution is 2.22. The number of nitrogens with zero attached hydrogens (tertiary/aromatic N) is 2. The first-order valence-electron chi connectivity index (χ1n) is 9.78. The Bertz CT molecular complexity index is 1200. The number of hydrogen-bond acceptors (Lipinski definition) is 4. The van der Waals surface area contributed by atoms with Crippen LogP contribution in [0.15, 0.2) is 91.0 Å². The Morgan fingerprint density at radius 2 is 1.63 bits per heavy atom. The Morgan fingerprint density at radius 1 is 0.900 bits per heavy atom. The van der Waals surface area contributed by atoms with Gasteiger partial charge in [-0.2, -0.15) is 5.26 Å². The van der Waals surface area contributed by atoms with Crippen LogP contribution in [0.2, 0.25) is 0 Å². The quantitative estimate of drug-likeness (QED) is 0.379. The average Bonchev–Trinajstić information content (AvgIpc) is 2.82. The molecule has 0 spiro atoms. The number of fused-ring (bicyclic) bond motifs is 1. The molecule has 1 heterocycles. The minimum atomic E-state index is -0.450. The summed E-state index contributed by atoms with van der Waals surface area (Å²) in [4.78, 5) is 17.2. The summed E-state index contributed by atoms with van der Waals surface area (Å²) in [5.41, 5.74) is 3.21. The van der Waals surface area contributed by atoms with E-state index in [-0.39, 0.29) is 12.2 Å². The van der Waals surface area contributed by atoms with Crippen molar-refractivity contribution in [3.05, 3.63) is 108 Å². The summed E-state index contributed by atoms with van der Waals surface area (Å²) in [5.74, 6) is 0.156. The third kappa shape index (κ3) is 4.53. The van der Waals surface area contributed by atoms with Crippen molar-refractivity contribution in [1.29, 1.82) is 5.26 Å². The zero-order chi connectivity index (χ0) is 20.8. The third-order valence-electron chi connectivity index (χ3n) is 4.97. The molecule has 0 aliphatic heterocycles. The number of ketones is 1. The summed E-state index contributed by atoms with van der Waals surface area (Å²) in [6.45, 7) is 0.350. The zero-order valence-electron chi connectivity index (χ0n) is 16.4. The molecule has 4 heteroatoms. The van der Waals surface area contributed by atoms with E-state index in [1.165, 1.54) is 0 Å². The number of nitriles is 1. The standard InChI is InChI=1S/C26H20N2O2/c27-17-22(19-6-2-1-3-7-19)16-26(29)21-11-14-24(15-12-21)30-18-23-13-10-20-8-4-5-9-25(20)28-23/h1-15,22H,16,18H2. The van der Waals surface area contributed by atoms with Crippen molar-refractivity contribution in [1.82, 2.24) is 4.98 Å². The monoisotopic (exact) mass is 392 g/mol. The van der Waals surface area contributed by atoms with Crippen LogP contribution in [-0.4, -0.2) is 10.8 Å². The van der Waals surface area contributed by atoms with Gasteiger partial charge in [0.15, 0.2) is 5.78 Å². The molecule has 1 unspecified atom stereocenters. The van der Waals surface area contributed by atoms with Crippen LogP contribution in [0.3, 0.4) is 0 Å². The molecule has 4 nitrogen and oxygen atoms in total. The molecule has 4 aromatic rings. The van der Waals surface area contributed by atoms with Crippen LogP contribution in [0, 0.1) is 11.3 Å². The van der Waals surface area contributed by atoms with Crippen molar-refractivity contribution in [3.63, 3.8) is 0 Å². The predicted octanol–water partition coefficient (Wildman–Crippen LogP) is 5.69. The molecule has 3 aromatic carbocycles. The number of benzene rings is 3. The lowest BCUT2D eigenvalue weighted by molar-refractivity contribution is 0.0979. The molecule has 30 heavy (non-hydrogen) atoms. The topological polar surface area (TPSA) is 63.0 Å². The fourth-order valence-electron chi connectivity index (χ4n) is 3.31. The van der Waals surface area contributed by atoms with Gasteiger partial charge in [0.2, 0.25) is 0 Å². The Kier molecular flexibility index (Phi) is 5.82. The number of ether oxygens (including phenoxy) is 1. The molecule has 0 radical (unpaired) electrons. The molecular weight excluding hydrogens is 372 g/mol. The van der Waals surface area contributed by atoms with Gasteiger partial charge in [0, 0.05) is 17.4 Å². The van der Waals surface area contributed by atoms with Gasteiger partial charge in [-0.05, 0) is 42.0 Å². The largest absolute Gasteiger partial charge is 0.487 e. The maximum atomic E-state index is 12.6. The van der Waals surface area contributed by atoms with Gasteiger partial charge in [-0.25, -0.2) is 4.98 Å².